The highest BCUT2D eigenvalue weighted by Gasteiger charge is 2.27. The van der Waals surface area contributed by atoms with Crippen molar-refractivity contribution in [1.82, 2.24) is 14.9 Å². The number of rotatable bonds is 6. The molecule has 1 saturated heterocycles. The first-order chi connectivity index (χ1) is 13.1. The number of nitrogens with one attached hydrogen (secondary N) is 1. The molecule has 0 bridgehead atoms. The van der Waals surface area contributed by atoms with Crippen molar-refractivity contribution in [3.63, 3.8) is 0 Å². The molecule has 2 aromatic rings. The molecule has 1 unspecified atom stereocenters. The Bertz CT molecular complexity index is 799. The molecule has 1 fully saturated rings. The number of hydrogen-bond donors (Lipinski definition) is 1. The van der Waals surface area contributed by atoms with Crippen LogP contribution in [0.1, 0.15) is 41.7 Å². The summed E-state index contributed by atoms with van der Waals surface area (Å²) in [6.07, 6.45) is 5.60. The van der Waals surface area contributed by atoms with E-state index in [1.165, 1.54) is 0 Å². The minimum absolute atomic E-state index is 0.0227. The molecule has 3 rings (SSSR count). The third-order valence-corrected chi connectivity index (χ3v) is 5.05. The second kappa shape index (κ2) is 9.15. The summed E-state index contributed by atoms with van der Waals surface area (Å²) in [6, 6.07) is 7.56. The molecule has 6 nitrogen and oxygen atoms in total. The molecule has 0 aromatic carbocycles. The van der Waals surface area contributed by atoms with Gasteiger partial charge in [-0.15, -0.1) is 0 Å². The van der Waals surface area contributed by atoms with E-state index in [0.29, 0.717) is 28.8 Å². The van der Waals surface area contributed by atoms with Crippen LogP contribution in [0.25, 0.3) is 0 Å². The Balaban J connectivity index is 1.74. The second-order valence-electron chi connectivity index (χ2n) is 6.77. The Hall–Kier alpha value is -2.18. The van der Waals surface area contributed by atoms with E-state index in [4.69, 9.17) is 16.3 Å². The normalized spacial score (nSPS) is 17.0. The highest BCUT2D eigenvalue weighted by molar-refractivity contribution is 6.33. The van der Waals surface area contributed by atoms with Crippen molar-refractivity contribution in [2.24, 2.45) is 0 Å². The predicted molar refractivity (Wildman–Crippen MR) is 107 cm³/mol. The van der Waals surface area contributed by atoms with Crippen molar-refractivity contribution < 1.29 is 9.53 Å². The van der Waals surface area contributed by atoms with Crippen LogP contribution in [-0.4, -0.2) is 47.1 Å². The molecule has 7 heteroatoms. The van der Waals surface area contributed by atoms with Gasteiger partial charge in [-0.3, -0.25) is 4.79 Å². The number of aryl methyl sites for hydroxylation is 1. The first-order valence-corrected chi connectivity index (χ1v) is 9.62. The average molecular weight is 389 g/mol. The molecular weight excluding hydrogens is 364 g/mol. The maximum Gasteiger partial charge on any atom is 0.255 e. The van der Waals surface area contributed by atoms with Crippen LogP contribution in [0.4, 0.5) is 11.6 Å². The second-order valence-corrected chi connectivity index (χ2v) is 7.18. The number of anilines is 2. The number of likely N-dealkylation sites (tertiary alicyclic amines) is 1. The van der Waals surface area contributed by atoms with Crippen LogP contribution in [0.2, 0.25) is 5.02 Å². The lowest BCUT2D eigenvalue weighted by Crippen LogP contribution is -2.44. The van der Waals surface area contributed by atoms with Crippen LogP contribution in [0.15, 0.2) is 30.5 Å². The number of nitrogens with zero attached hydrogens (tertiary/aromatic N) is 3. The lowest BCUT2D eigenvalue weighted by Gasteiger charge is -2.35. The summed E-state index contributed by atoms with van der Waals surface area (Å²) in [5.41, 5.74) is 1.40. The molecule has 2 aromatic heterocycles. The highest BCUT2D eigenvalue weighted by Crippen LogP contribution is 2.26. The zero-order valence-corrected chi connectivity index (χ0v) is 16.5. The van der Waals surface area contributed by atoms with Gasteiger partial charge in [-0.25, -0.2) is 9.97 Å². The summed E-state index contributed by atoms with van der Waals surface area (Å²) in [7, 11) is 1.69. The molecule has 1 atom stereocenters. The quantitative estimate of drug-likeness (QED) is 0.802. The van der Waals surface area contributed by atoms with Gasteiger partial charge < -0.3 is 15.0 Å². The van der Waals surface area contributed by atoms with Crippen LogP contribution in [0, 0.1) is 6.92 Å². The fraction of sp³-hybridized carbons (Fsp3) is 0.450. The Morgan fingerprint density at radius 2 is 2.26 bits per heavy atom. The lowest BCUT2D eigenvalue weighted by molar-refractivity contribution is 0.0553. The molecule has 1 N–H and O–H groups in total. The number of pyridine rings is 2. The average Bonchev–Trinajstić information content (AvgIpc) is 2.67. The zero-order valence-electron chi connectivity index (χ0n) is 15.7. The third kappa shape index (κ3) is 4.96. The van der Waals surface area contributed by atoms with Crippen molar-refractivity contribution in [3.05, 3.63) is 46.7 Å². The van der Waals surface area contributed by atoms with Crippen LogP contribution >= 0.6 is 11.6 Å². The predicted octanol–water partition coefficient (Wildman–Crippen LogP) is 4.21. The van der Waals surface area contributed by atoms with Gasteiger partial charge in [-0.05, 0) is 50.8 Å². The van der Waals surface area contributed by atoms with Gasteiger partial charge in [-0.2, -0.15) is 0 Å². The number of amides is 1. The summed E-state index contributed by atoms with van der Waals surface area (Å²) in [6.45, 7) is 3.33. The minimum Gasteiger partial charge on any atom is -0.385 e. The van der Waals surface area contributed by atoms with Gasteiger partial charge in [0.05, 0.1) is 10.6 Å². The minimum atomic E-state index is -0.0227. The monoisotopic (exact) mass is 388 g/mol. The van der Waals surface area contributed by atoms with Gasteiger partial charge in [0.2, 0.25) is 0 Å². The molecular formula is C20H25ClN4O2. The van der Waals surface area contributed by atoms with Gasteiger partial charge in [0.15, 0.2) is 0 Å². The number of halogens is 1. The maximum absolute atomic E-state index is 13.0. The fourth-order valence-corrected chi connectivity index (χ4v) is 3.58. The van der Waals surface area contributed by atoms with Crippen molar-refractivity contribution in [2.75, 3.05) is 25.6 Å². The number of ether oxygens (including phenoxy) is 1. The van der Waals surface area contributed by atoms with E-state index >= 15 is 0 Å². The summed E-state index contributed by atoms with van der Waals surface area (Å²) in [5.74, 6) is 1.13. The van der Waals surface area contributed by atoms with Gasteiger partial charge in [0, 0.05) is 38.2 Å². The molecule has 1 amide bonds. The number of piperidine rings is 1. The standard InChI is InChI=1S/C20H25ClN4O2/c1-14-6-5-8-18(23-14)24-19-17(21)12-15(13-22-19)20(26)25-10-4-3-7-16(25)9-11-27-2/h5-6,8,12-13,16H,3-4,7,9-11H2,1-2H3,(H,22,23,24). The highest BCUT2D eigenvalue weighted by atomic mass is 35.5. The summed E-state index contributed by atoms with van der Waals surface area (Å²) >= 11 is 6.38. The molecule has 3 heterocycles. The van der Waals surface area contributed by atoms with Gasteiger partial charge >= 0.3 is 0 Å². The molecule has 0 radical (unpaired) electrons. The van der Waals surface area contributed by atoms with Crippen molar-refractivity contribution in [1.29, 1.82) is 0 Å². The number of hydrogen-bond acceptors (Lipinski definition) is 5. The van der Waals surface area contributed by atoms with Gasteiger partial charge in [-0.1, -0.05) is 17.7 Å². The van der Waals surface area contributed by atoms with Gasteiger partial charge in [0.1, 0.15) is 11.6 Å². The van der Waals surface area contributed by atoms with Crippen LogP contribution in [0.5, 0.6) is 0 Å². The third-order valence-electron chi connectivity index (χ3n) is 4.77. The van der Waals surface area contributed by atoms with E-state index in [-0.39, 0.29) is 11.9 Å². The first-order valence-electron chi connectivity index (χ1n) is 9.24. The van der Waals surface area contributed by atoms with Gasteiger partial charge in [0.25, 0.3) is 5.91 Å². The number of aromatic nitrogens is 2. The molecule has 0 aliphatic carbocycles. The van der Waals surface area contributed by atoms with E-state index in [2.05, 4.69) is 15.3 Å². The summed E-state index contributed by atoms with van der Waals surface area (Å²) < 4.78 is 5.19. The van der Waals surface area contributed by atoms with Crippen LogP contribution in [0.3, 0.4) is 0 Å². The zero-order chi connectivity index (χ0) is 19.2. The first kappa shape index (κ1) is 19.6. The van der Waals surface area contributed by atoms with E-state index in [1.54, 1.807) is 19.4 Å². The topological polar surface area (TPSA) is 67.3 Å². The summed E-state index contributed by atoms with van der Waals surface area (Å²) in [5, 5.41) is 3.50. The van der Waals surface area contributed by atoms with E-state index in [9.17, 15) is 4.79 Å². The largest absolute Gasteiger partial charge is 0.385 e. The molecule has 27 heavy (non-hydrogen) atoms. The lowest BCUT2D eigenvalue weighted by atomic mass is 9.98. The molecule has 1 aliphatic heterocycles. The van der Waals surface area contributed by atoms with E-state index < -0.39 is 0 Å². The van der Waals surface area contributed by atoms with Crippen molar-refractivity contribution in [2.45, 2.75) is 38.6 Å². The Morgan fingerprint density at radius 3 is 3.00 bits per heavy atom. The fourth-order valence-electron chi connectivity index (χ4n) is 3.37. The number of carbonyl (C=O) groups excluding carboxylic acids is 1. The van der Waals surface area contributed by atoms with E-state index in [1.807, 2.05) is 30.0 Å². The number of methoxy groups -OCH3 is 1. The Morgan fingerprint density at radius 1 is 1.41 bits per heavy atom. The molecule has 144 valence electrons. The SMILES string of the molecule is COCCC1CCCCN1C(=O)c1cnc(Nc2cccc(C)n2)c(Cl)c1. The van der Waals surface area contributed by atoms with Crippen molar-refractivity contribution in [3.8, 4) is 0 Å². The maximum atomic E-state index is 13.0. The summed E-state index contributed by atoms with van der Waals surface area (Å²) in [4.78, 5) is 23.7. The van der Waals surface area contributed by atoms with Crippen LogP contribution < -0.4 is 5.32 Å². The molecule has 0 spiro atoms. The van der Waals surface area contributed by atoms with E-state index in [0.717, 1.165) is 37.9 Å². The number of carbonyl (C=O) groups is 1. The molecule has 1 aliphatic rings. The van der Waals surface area contributed by atoms with Crippen LogP contribution in [-0.2, 0) is 4.74 Å². The molecule has 0 saturated carbocycles. The Labute approximate surface area is 164 Å². The smallest absolute Gasteiger partial charge is 0.255 e. The Kier molecular flexibility index (Phi) is 6.63. The van der Waals surface area contributed by atoms with Crippen molar-refractivity contribution >= 4 is 29.1 Å².